The maximum Gasteiger partial charge on any atom is 0.222 e. The average molecular weight is 320 g/mol. The Hall–Kier alpha value is -0.810. The fraction of sp³-hybridized carbons (Fsp3) is 0.500. The molecule has 1 amide bonds. The van der Waals surface area contributed by atoms with E-state index in [1.165, 1.54) is 0 Å². The van der Waals surface area contributed by atoms with E-state index in [1.807, 2.05) is 13.8 Å². The van der Waals surface area contributed by atoms with E-state index in [0.29, 0.717) is 22.2 Å². The van der Waals surface area contributed by atoms with Crippen LogP contribution in [0.5, 0.6) is 0 Å². The van der Waals surface area contributed by atoms with Crippen molar-refractivity contribution in [2.45, 2.75) is 32.5 Å². The normalized spacial score (nSPS) is 12.5. The second-order valence-corrected chi connectivity index (χ2v) is 5.44. The van der Waals surface area contributed by atoms with Crippen LogP contribution in [-0.4, -0.2) is 30.3 Å². The highest BCUT2D eigenvalue weighted by Crippen LogP contribution is 2.29. The monoisotopic (exact) mass is 319 g/mol. The van der Waals surface area contributed by atoms with Gasteiger partial charge in [-0.25, -0.2) is 0 Å². The van der Waals surface area contributed by atoms with Gasteiger partial charge < -0.3 is 15.2 Å². The van der Waals surface area contributed by atoms with Crippen molar-refractivity contribution in [3.8, 4) is 0 Å². The molecule has 112 valence electrons. The predicted molar refractivity (Wildman–Crippen MR) is 80.1 cm³/mol. The zero-order valence-corrected chi connectivity index (χ0v) is 13.0. The molecule has 0 unspecified atom stereocenters. The van der Waals surface area contributed by atoms with E-state index in [0.717, 1.165) is 0 Å². The van der Waals surface area contributed by atoms with Gasteiger partial charge in [-0.3, -0.25) is 4.79 Å². The van der Waals surface area contributed by atoms with E-state index in [2.05, 4.69) is 5.32 Å². The Kier molecular flexibility index (Phi) is 7.30. The number of halogens is 2. The van der Waals surface area contributed by atoms with Gasteiger partial charge in [0.05, 0.1) is 18.8 Å². The van der Waals surface area contributed by atoms with Gasteiger partial charge in [-0.2, -0.15) is 0 Å². The maximum atomic E-state index is 11.6. The van der Waals surface area contributed by atoms with Crippen LogP contribution in [0, 0.1) is 0 Å². The number of hydrogen-bond acceptors (Lipinski definition) is 3. The Bertz CT molecular complexity index is 432. The Morgan fingerprint density at radius 1 is 1.35 bits per heavy atom. The number of nitrogens with one attached hydrogen (secondary N) is 1. The van der Waals surface area contributed by atoms with E-state index in [9.17, 15) is 9.90 Å². The third-order valence-electron chi connectivity index (χ3n) is 2.61. The summed E-state index contributed by atoms with van der Waals surface area (Å²) in [6.45, 7) is 4.22. The molecule has 0 saturated carbocycles. The fourth-order valence-electron chi connectivity index (χ4n) is 1.62. The Morgan fingerprint density at radius 2 is 1.95 bits per heavy atom. The molecule has 4 nitrogen and oxygen atoms in total. The first-order valence-electron chi connectivity index (χ1n) is 6.42. The Morgan fingerprint density at radius 3 is 2.50 bits per heavy atom. The lowest BCUT2D eigenvalue weighted by atomic mass is 10.1. The van der Waals surface area contributed by atoms with Crippen LogP contribution in [0.2, 0.25) is 10.0 Å². The molecule has 1 aromatic rings. The summed E-state index contributed by atoms with van der Waals surface area (Å²) in [6, 6.07) is 4.98. The van der Waals surface area contributed by atoms with Gasteiger partial charge in [0.2, 0.25) is 5.91 Å². The minimum absolute atomic E-state index is 0.0595. The van der Waals surface area contributed by atoms with Gasteiger partial charge in [0.1, 0.15) is 0 Å². The molecular formula is C14H19Cl2NO3. The summed E-state index contributed by atoms with van der Waals surface area (Å²) in [7, 11) is 0. The molecule has 0 heterocycles. The number of carbonyl (C=O) groups excluding carboxylic acids is 1. The van der Waals surface area contributed by atoms with Gasteiger partial charge >= 0.3 is 0 Å². The zero-order valence-electron chi connectivity index (χ0n) is 11.5. The summed E-state index contributed by atoms with van der Waals surface area (Å²) >= 11 is 12.0. The van der Waals surface area contributed by atoms with Crippen molar-refractivity contribution in [3.05, 3.63) is 33.8 Å². The fourth-order valence-corrected chi connectivity index (χ4v) is 2.27. The van der Waals surface area contributed by atoms with Crippen molar-refractivity contribution in [1.29, 1.82) is 0 Å². The van der Waals surface area contributed by atoms with Gasteiger partial charge in [0.25, 0.3) is 0 Å². The lowest BCUT2D eigenvalue weighted by Crippen LogP contribution is -2.29. The first kappa shape index (κ1) is 17.2. The van der Waals surface area contributed by atoms with Gasteiger partial charge in [-0.05, 0) is 26.0 Å². The minimum atomic E-state index is -0.939. The molecular weight excluding hydrogens is 301 g/mol. The molecule has 1 atom stereocenters. The van der Waals surface area contributed by atoms with Crippen LogP contribution in [0.3, 0.4) is 0 Å². The number of rotatable bonds is 7. The summed E-state index contributed by atoms with van der Waals surface area (Å²) in [6.07, 6.45) is -0.595. The number of benzene rings is 1. The number of hydrogen-bond donors (Lipinski definition) is 2. The highest BCUT2D eigenvalue weighted by molar-refractivity contribution is 6.36. The zero-order chi connectivity index (χ0) is 15.1. The van der Waals surface area contributed by atoms with Crippen LogP contribution in [0.15, 0.2) is 18.2 Å². The average Bonchev–Trinajstić information content (AvgIpc) is 2.35. The van der Waals surface area contributed by atoms with Crippen molar-refractivity contribution in [2.75, 3.05) is 13.2 Å². The van der Waals surface area contributed by atoms with E-state index in [4.69, 9.17) is 27.9 Å². The van der Waals surface area contributed by atoms with Crippen LogP contribution < -0.4 is 5.32 Å². The van der Waals surface area contributed by atoms with E-state index in [-0.39, 0.29) is 25.0 Å². The molecule has 0 saturated heterocycles. The van der Waals surface area contributed by atoms with E-state index >= 15 is 0 Å². The number of aliphatic hydroxyl groups is 1. The van der Waals surface area contributed by atoms with E-state index < -0.39 is 6.10 Å². The molecule has 1 aromatic carbocycles. The van der Waals surface area contributed by atoms with Gasteiger partial charge in [-0.15, -0.1) is 0 Å². The highest BCUT2D eigenvalue weighted by Gasteiger charge is 2.16. The molecule has 1 rings (SSSR count). The van der Waals surface area contributed by atoms with Gasteiger partial charge in [-0.1, -0.05) is 29.3 Å². The van der Waals surface area contributed by atoms with Crippen molar-refractivity contribution < 1.29 is 14.6 Å². The smallest absolute Gasteiger partial charge is 0.222 e. The van der Waals surface area contributed by atoms with Crippen LogP contribution in [0.25, 0.3) is 0 Å². The van der Waals surface area contributed by atoms with Crippen molar-refractivity contribution in [3.63, 3.8) is 0 Å². The third kappa shape index (κ3) is 5.67. The van der Waals surface area contributed by atoms with Crippen LogP contribution >= 0.6 is 23.2 Å². The lowest BCUT2D eigenvalue weighted by Gasteiger charge is -2.15. The molecule has 0 fully saturated rings. The van der Waals surface area contributed by atoms with Crippen molar-refractivity contribution in [1.82, 2.24) is 5.32 Å². The van der Waals surface area contributed by atoms with Gasteiger partial charge in [0, 0.05) is 28.6 Å². The van der Waals surface area contributed by atoms with Crippen molar-refractivity contribution in [2.24, 2.45) is 0 Å². The molecule has 20 heavy (non-hydrogen) atoms. The number of aliphatic hydroxyl groups excluding tert-OH is 1. The first-order chi connectivity index (χ1) is 9.41. The Balaban J connectivity index is 2.43. The minimum Gasteiger partial charge on any atom is -0.386 e. The molecule has 0 radical (unpaired) electrons. The van der Waals surface area contributed by atoms with Gasteiger partial charge in [0.15, 0.2) is 0 Å². The highest BCUT2D eigenvalue weighted by atomic mass is 35.5. The second-order valence-electron chi connectivity index (χ2n) is 4.62. The third-order valence-corrected chi connectivity index (χ3v) is 3.26. The number of ether oxygens (including phenoxy) is 1. The predicted octanol–water partition coefficient (Wildman–Crippen LogP) is 2.96. The largest absolute Gasteiger partial charge is 0.386 e. The summed E-state index contributed by atoms with van der Waals surface area (Å²) in [5.41, 5.74) is 0.426. The maximum absolute atomic E-state index is 11.6. The molecule has 0 aliphatic heterocycles. The molecule has 0 aliphatic rings. The van der Waals surface area contributed by atoms with E-state index in [1.54, 1.807) is 18.2 Å². The molecule has 0 bridgehead atoms. The number of carbonyl (C=O) groups is 1. The Labute approximate surface area is 129 Å². The molecule has 0 spiro atoms. The summed E-state index contributed by atoms with van der Waals surface area (Å²) in [5, 5.41) is 13.4. The summed E-state index contributed by atoms with van der Waals surface area (Å²) in [4.78, 5) is 11.6. The standard InChI is InChI=1S/C14H19Cl2NO3/c1-9(2)20-7-6-13(19)17-8-12(18)14-10(15)4-3-5-11(14)16/h3-5,9,12,18H,6-8H2,1-2H3,(H,17,19)/t12-/m1/s1. The lowest BCUT2D eigenvalue weighted by molar-refractivity contribution is -0.122. The second kappa shape index (κ2) is 8.47. The summed E-state index contributed by atoms with van der Waals surface area (Å²) < 4.78 is 5.28. The van der Waals surface area contributed by atoms with Crippen LogP contribution in [0.4, 0.5) is 0 Å². The van der Waals surface area contributed by atoms with Crippen molar-refractivity contribution >= 4 is 29.1 Å². The molecule has 0 aromatic heterocycles. The molecule has 0 aliphatic carbocycles. The molecule has 2 N–H and O–H groups in total. The SMILES string of the molecule is CC(C)OCCC(=O)NC[C@@H](O)c1c(Cl)cccc1Cl. The molecule has 6 heteroatoms. The first-order valence-corrected chi connectivity index (χ1v) is 7.17. The quantitative estimate of drug-likeness (QED) is 0.812. The summed E-state index contributed by atoms with van der Waals surface area (Å²) in [5.74, 6) is -0.187. The van der Waals surface area contributed by atoms with Crippen LogP contribution in [-0.2, 0) is 9.53 Å². The number of amides is 1. The van der Waals surface area contributed by atoms with Crippen LogP contribution in [0.1, 0.15) is 31.9 Å². The topological polar surface area (TPSA) is 58.6 Å².